The van der Waals surface area contributed by atoms with Crippen LogP contribution in [0.4, 0.5) is 18.9 Å². The Kier molecular flexibility index (Phi) is 5.86. The van der Waals surface area contributed by atoms with Crippen molar-refractivity contribution in [3.05, 3.63) is 60.2 Å². The van der Waals surface area contributed by atoms with E-state index in [0.29, 0.717) is 23.9 Å². The number of nitrogens with one attached hydrogen (secondary N) is 1. The average molecular weight is 396 g/mol. The lowest BCUT2D eigenvalue weighted by Crippen LogP contribution is -2.47. The molecule has 1 fully saturated rings. The molecule has 144 valence electrons. The first-order valence-electron chi connectivity index (χ1n) is 8.42. The fraction of sp³-hybridized carbons (Fsp3) is 0.316. The molecule has 8 heteroatoms. The number of benzene rings is 2. The molecule has 1 aliphatic heterocycles. The Hall–Kier alpha value is -2.32. The van der Waals surface area contributed by atoms with Crippen LogP contribution in [-0.2, 0) is 4.74 Å². The third-order valence-corrected chi connectivity index (χ3v) is 4.42. The molecule has 0 unspecified atom stereocenters. The molecule has 0 aromatic heterocycles. The molecular formula is C19H19F3N2O2S. The first-order chi connectivity index (χ1) is 12.8. The van der Waals surface area contributed by atoms with E-state index in [-0.39, 0.29) is 18.0 Å². The van der Waals surface area contributed by atoms with Crippen LogP contribution in [0.25, 0.3) is 0 Å². The topological polar surface area (TPSA) is 33.7 Å². The smallest absolute Gasteiger partial charge is 0.406 e. The first kappa shape index (κ1) is 19.4. The van der Waals surface area contributed by atoms with Gasteiger partial charge in [-0.1, -0.05) is 30.3 Å². The summed E-state index contributed by atoms with van der Waals surface area (Å²) in [6.45, 7) is 3.20. The van der Waals surface area contributed by atoms with Gasteiger partial charge in [0, 0.05) is 12.2 Å². The second kappa shape index (κ2) is 8.14. The Morgan fingerprint density at radius 3 is 2.41 bits per heavy atom. The van der Waals surface area contributed by atoms with Gasteiger partial charge < -0.3 is 19.7 Å². The minimum absolute atomic E-state index is 0.00809. The van der Waals surface area contributed by atoms with Gasteiger partial charge in [0.2, 0.25) is 0 Å². The van der Waals surface area contributed by atoms with E-state index >= 15 is 0 Å². The van der Waals surface area contributed by atoms with Gasteiger partial charge >= 0.3 is 6.36 Å². The molecule has 27 heavy (non-hydrogen) atoms. The Balaban J connectivity index is 1.63. The molecule has 0 amide bonds. The lowest BCUT2D eigenvalue weighted by Gasteiger charge is -2.38. The molecule has 1 aliphatic rings. The summed E-state index contributed by atoms with van der Waals surface area (Å²) in [7, 11) is 0. The van der Waals surface area contributed by atoms with Crippen molar-refractivity contribution in [2.24, 2.45) is 0 Å². The highest BCUT2D eigenvalue weighted by molar-refractivity contribution is 7.80. The molecule has 2 aromatic carbocycles. The molecule has 0 radical (unpaired) electrons. The monoisotopic (exact) mass is 396 g/mol. The van der Waals surface area contributed by atoms with E-state index in [1.807, 2.05) is 42.2 Å². The molecule has 3 rings (SSSR count). The first-order valence-corrected chi connectivity index (χ1v) is 8.83. The number of halogens is 3. The highest BCUT2D eigenvalue weighted by Crippen LogP contribution is 2.27. The summed E-state index contributed by atoms with van der Waals surface area (Å²) in [6.07, 6.45) is -4.82. The largest absolute Gasteiger partial charge is 0.573 e. The zero-order valence-corrected chi connectivity index (χ0v) is 15.4. The van der Waals surface area contributed by atoms with Gasteiger partial charge in [-0.05, 0) is 49.0 Å². The summed E-state index contributed by atoms with van der Waals surface area (Å²) >= 11 is 5.48. The second-order valence-corrected chi connectivity index (χ2v) is 6.64. The van der Waals surface area contributed by atoms with Gasteiger partial charge in [-0.3, -0.25) is 0 Å². The van der Waals surface area contributed by atoms with Gasteiger partial charge in [-0.15, -0.1) is 13.2 Å². The van der Waals surface area contributed by atoms with Crippen molar-refractivity contribution in [1.82, 2.24) is 4.90 Å². The maximum atomic E-state index is 12.2. The van der Waals surface area contributed by atoms with Crippen molar-refractivity contribution < 1.29 is 22.6 Å². The minimum Gasteiger partial charge on any atom is -0.406 e. The van der Waals surface area contributed by atoms with Crippen LogP contribution in [0.2, 0.25) is 0 Å². The Morgan fingerprint density at radius 1 is 1.11 bits per heavy atom. The Labute approximate surface area is 160 Å². The number of hydrogen-bond donors (Lipinski definition) is 1. The van der Waals surface area contributed by atoms with Crippen molar-refractivity contribution in [3.63, 3.8) is 0 Å². The van der Waals surface area contributed by atoms with E-state index in [1.165, 1.54) is 24.3 Å². The van der Waals surface area contributed by atoms with Crippen molar-refractivity contribution >= 4 is 23.0 Å². The normalized spacial score (nSPS) is 20.2. The van der Waals surface area contributed by atoms with E-state index in [0.717, 1.165) is 5.56 Å². The van der Waals surface area contributed by atoms with Crippen LogP contribution in [0.5, 0.6) is 5.75 Å². The molecule has 2 aromatic rings. The third kappa shape index (κ3) is 5.58. The molecule has 0 spiro atoms. The average Bonchev–Trinajstić information content (AvgIpc) is 2.62. The maximum absolute atomic E-state index is 12.2. The zero-order valence-electron chi connectivity index (χ0n) is 14.6. The summed E-state index contributed by atoms with van der Waals surface area (Å²) < 4.78 is 46.6. The molecule has 0 bridgehead atoms. The van der Waals surface area contributed by atoms with Crippen LogP contribution in [0.3, 0.4) is 0 Å². The van der Waals surface area contributed by atoms with Crippen molar-refractivity contribution in [1.29, 1.82) is 0 Å². The van der Waals surface area contributed by atoms with Crippen LogP contribution in [0.15, 0.2) is 54.6 Å². The third-order valence-electron chi connectivity index (χ3n) is 4.06. The van der Waals surface area contributed by atoms with Crippen LogP contribution in [0.1, 0.15) is 18.6 Å². The van der Waals surface area contributed by atoms with Crippen LogP contribution in [0, 0.1) is 0 Å². The fourth-order valence-corrected chi connectivity index (χ4v) is 3.18. The fourth-order valence-electron chi connectivity index (χ4n) is 2.91. The van der Waals surface area contributed by atoms with Crippen LogP contribution >= 0.6 is 12.2 Å². The molecule has 2 atom stereocenters. The van der Waals surface area contributed by atoms with Crippen LogP contribution < -0.4 is 10.1 Å². The van der Waals surface area contributed by atoms with Crippen LogP contribution in [-0.4, -0.2) is 35.6 Å². The summed E-state index contributed by atoms with van der Waals surface area (Å²) in [4.78, 5) is 2.00. The Morgan fingerprint density at radius 2 is 1.78 bits per heavy atom. The Bertz CT molecular complexity index is 769. The number of thiocarbonyl (C=S) groups is 1. The predicted octanol–water partition coefficient (Wildman–Crippen LogP) is 4.74. The number of rotatable bonds is 3. The number of ether oxygens (including phenoxy) is 2. The summed E-state index contributed by atoms with van der Waals surface area (Å²) in [6, 6.07) is 15.4. The zero-order chi connectivity index (χ0) is 19.4. The number of alkyl halides is 3. The maximum Gasteiger partial charge on any atom is 0.573 e. The molecular weight excluding hydrogens is 377 g/mol. The minimum atomic E-state index is -4.71. The number of hydrogen-bond acceptors (Lipinski definition) is 3. The number of morpholine rings is 1. The molecule has 0 aliphatic carbocycles. The standard InChI is InChI=1S/C19H19F3N2O2S/c1-13-11-24(12-17(25-13)14-5-3-2-4-6-14)18(27)23-15-7-9-16(10-8-15)26-19(20,21)22/h2-10,13,17H,11-12H2,1H3,(H,23,27)/t13-,17-/m1/s1. The molecule has 0 saturated carbocycles. The molecule has 1 heterocycles. The van der Waals surface area contributed by atoms with Gasteiger partial charge in [-0.25, -0.2) is 0 Å². The molecule has 4 nitrogen and oxygen atoms in total. The lowest BCUT2D eigenvalue weighted by molar-refractivity contribution is -0.274. The summed E-state index contributed by atoms with van der Waals surface area (Å²) in [5, 5.41) is 3.56. The quantitative estimate of drug-likeness (QED) is 0.758. The van der Waals surface area contributed by atoms with E-state index in [9.17, 15) is 13.2 Å². The predicted molar refractivity (Wildman–Crippen MR) is 101 cm³/mol. The molecule has 1 N–H and O–H groups in total. The van der Waals surface area contributed by atoms with E-state index in [4.69, 9.17) is 17.0 Å². The van der Waals surface area contributed by atoms with Gasteiger partial charge in [0.1, 0.15) is 11.9 Å². The van der Waals surface area contributed by atoms with E-state index in [1.54, 1.807) is 0 Å². The second-order valence-electron chi connectivity index (χ2n) is 6.25. The highest BCUT2D eigenvalue weighted by Gasteiger charge is 2.31. The van der Waals surface area contributed by atoms with E-state index in [2.05, 4.69) is 10.1 Å². The highest BCUT2D eigenvalue weighted by atomic mass is 32.1. The van der Waals surface area contributed by atoms with Gasteiger partial charge in [0.25, 0.3) is 0 Å². The van der Waals surface area contributed by atoms with Crippen molar-refractivity contribution in [3.8, 4) is 5.75 Å². The van der Waals surface area contributed by atoms with Gasteiger partial charge in [0.15, 0.2) is 5.11 Å². The number of nitrogens with zero attached hydrogens (tertiary/aromatic N) is 1. The SMILES string of the molecule is C[C@@H]1CN(C(=S)Nc2ccc(OC(F)(F)F)cc2)C[C@H](c2ccccc2)O1. The van der Waals surface area contributed by atoms with Crippen molar-refractivity contribution in [2.45, 2.75) is 25.5 Å². The summed E-state index contributed by atoms with van der Waals surface area (Å²) in [5.41, 5.74) is 1.66. The summed E-state index contributed by atoms with van der Waals surface area (Å²) in [5.74, 6) is -0.275. The lowest BCUT2D eigenvalue weighted by atomic mass is 10.1. The van der Waals surface area contributed by atoms with Gasteiger partial charge in [0.05, 0.1) is 12.6 Å². The van der Waals surface area contributed by atoms with Gasteiger partial charge in [-0.2, -0.15) is 0 Å². The number of anilines is 1. The van der Waals surface area contributed by atoms with Crippen molar-refractivity contribution in [2.75, 3.05) is 18.4 Å². The molecule has 1 saturated heterocycles. The van der Waals surface area contributed by atoms with E-state index < -0.39 is 6.36 Å².